The summed E-state index contributed by atoms with van der Waals surface area (Å²) in [6, 6.07) is 15.6. The van der Waals surface area contributed by atoms with Crippen LogP contribution in [0, 0.1) is 0 Å². The van der Waals surface area contributed by atoms with E-state index in [4.69, 9.17) is 0 Å². The molecule has 88 valence electrons. The van der Waals surface area contributed by atoms with Crippen LogP contribution < -0.4 is 0 Å². The Hall–Kier alpha value is -1.34. The van der Waals surface area contributed by atoms with Gasteiger partial charge in [-0.3, -0.25) is 0 Å². The Morgan fingerprint density at radius 2 is 1.65 bits per heavy atom. The molecule has 0 bridgehead atoms. The Morgan fingerprint density at radius 3 is 2.41 bits per heavy atom. The van der Waals surface area contributed by atoms with Gasteiger partial charge in [0.15, 0.2) is 0 Å². The second-order valence-electron chi connectivity index (χ2n) is 5.18. The Labute approximate surface area is 103 Å². The highest BCUT2D eigenvalue weighted by molar-refractivity contribution is 5.83. The predicted octanol–water partition coefficient (Wildman–Crippen LogP) is 3.65. The molecule has 1 heterocycles. The lowest BCUT2D eigenvalue weighted by Crippen LogP contribution is -2.29. The standard InChI is InChI=1S/C16H19N/c1-17-10-8-14(9-11-17)16-7-6-13-4-2-3-5-15(13)12-16/h2-7,12,14H,8-11H2,1H3. The SMILES string of the molecule is CN1CCC(c2ccc3ccccc3c2)CC1. The van der Waals surface area contributed by atoms with Crippen molar-refractivity contribution < 1.29 is 0 Å². The average molecular weight is 225 g/mol. The van der Waals surface area contributed by atoms with Gasteiger partial charge >= 0.3 is 0 Å². The molecule has 0 saturated carbocycles. The third kappa shape index (κ3) is 2.20. The van der Waals surface area contributed by atoms with Crippen molar-refractivity contribution >= 4 is 10.8 Å². The van der Waals surface area contributed by atoms with E-state index < -0.39 is 0 Å². The molecule has 17 heavy (non-hydrogen) atoms. The molecule has 1 aliphatic heterocycles. The lowest BCUT2D eigenvalue weighted by molar-refractivity contribution is 0.255. The molecule has 0 aromatic heterocycles. The first-order valence-electron chi connectivity index (χ1n) is 6.50. The normalized spacial score (nSPS) is 18.6. The third-order valence-corrected chi connectivity index (χ3v) is 3.96. The van der Waals surface area contributed by atoms with Crippen LogP contribution in [0.2, 0.25) is 0 Å². The quantitative estimate of drug-likeness (QED) is 0.716. The first kappa shape index (κ1) is 10.8. The second-order valence-corrected chi connectivity index (χ2v) is 5.18. The molecule has 0 amide bonds. The molecular formula is C16H19N. The molecule has 0 unspecified atom stereocenters. The predicted molar refractivity (Wildman–Crippen MR) is 73.4 cm³/mol. The molecule has 2 aromatic carbocycles. The largest absolute Gasteiger partial charge is 0.306 e. The zero-order valence-electron chi connectivity index (χ0n) is 10.4. The minimum absolute atomic E-state index is 0.760. The van der Waals surface area contributed by atoms with Crippen molar-refractivity contribution in [3.8, 4) is 0 Å². The zero-order chi connectivity index (χ0) is 11.7. The van der Waals surface area contributed by atoms with Crippen molar-refractivity contribution in [1.29, 1.82) is 0 Å². The topological polar surface area (TPSA) is 3.24 Å². The summed E-state index contributed by atoms with van der Waals surface area (Å²) in [7, 11) is 2.22. The van der Waals surface area contributed by atoms with Gasteiger partial charge in [0.1, 0.15) is 0 Å². The van der Waals surface area contributed by atoms with Crippen LogP contribution in [0.5, 0.6) is 0 Å². The summed E-state index contributed by atoms with van der Waals surface area (Å²) in [5.41, 5.74) is 1.52. The summed E-state index contributed by atoms with van der Waals surface area (Å²) in [5.74, 6) is 0.760. The molecule has 0 radical (unpaired) electrons. The van der Waals surface area contributed by atoms with Crippen LogP contribution in [0.4, 0.5) is 0 Å². The maximum atomic E-state index is 2.43. The molecule has 2 aromatic rings. The number of rotatable bonds is 1. The summed E-state index contributed by atoms with van der Waals surface area (Å²) < 4.78 is 0. The fourth-order valence-electron chi connectivity index (χ4n) is 2.80. The average Bonchev–Trinajstić information content (AvgIpc) is 2.39. The lowest BCUT2D eigenvalue weighted by atomic mass is 9.88. The van der Waals surface area contributed by atoms with Crippen LogP contribution in [-0.4, -0.2) is 25.0 Å². The highest BCUT2D eigenvalue weighted by Gasteiger charge is 2.18. The van der Waals surface area contributed by atoms with Crippen LogP contribution in [0.25, 0.3) is 10.8 Å². The molecular weight excluding hydrogens is 206 g/mol. The number of benzene rings is 2. The minimum atomic E-state index is 0.760. The maximum Gasteiger partial charge on any atom is -0.00159 e. The van der Waals surface area contributed by atoms with Gasteiger partial charge in [-0.05, 0) is 55.2 Å². The summed E-state index contributed by atoms with van der Waals surface area (Å²) in [4.78, 5) is 2.43. The van der Waals surface area contributed by atoms with E-state index in [1.165, 1.54) is 42.3 Å². The Bertz CT molecular complexity index is 510. The molecule has 1 nitrogen and oxygen atoms in total. The number of nitrogens with zero attached hydrogens (tertiary/aromatic N) is 1. The summed E-state index contributed by atoms with van der Waals surface area (Å²) in [6.07, 6.45) is 2.60. The Morgan fingerprint density at radius 1 is 0.941 bits per heavy atom. The van der Waals surface area contributed by atoms with Crippen LogP contribution in [0.15, 0.2) is 42.5 Å². The van der Waals surface area contributed by atoms with Gasteiger partial charge in [-0.15, -0.1) is 0 Å². The fraction of sp³-hybridized carbons (Fsp3) is 0.375. The van der Waals surface area contributed by atoms with Gasteiger partial charge in [0.05, 0.1) is 0 Å². The van der Waals surface area contributed by atoms with Crippen molar-refractivity contribution in [3.63, 3.8) is 0 Å². The fourth-order valence-corrected chi connectivity index (χ4v) is 2.80. The molecule has 1 saturated heterocycles. The smallest absolute Gasteiger partial charge is 0.00159 e. The third-order valence-electron chi connectivity index (χ3n) is 3.96. The lowest BCUT2D eigenvalue weighted by Gasteiger charge is -2.29. The van der Waals surface area contributed by atoms with Crippen molar-refractivity contribution in [3.05, 3.63) is 48.0 Å². The first-order chi connectivity index (χ1) is 8.33. The molecule has 1 aliphatic rings. The van der Waals surface area contributed by atoms with Gasteiger partial charge < -0.3 is 4.90 Å². The van der Waals surface area contributed by atoms with Gasteiger partial charge in [0.25, 0.3) is 0 Å². The van der Waals surface area contributed by atoms with E-state index in [0.29, 0.717) is 0 Å². The van der Waals surface area contributed by atoms with Gasteiger partial charge in [-0.1, -0.05) is 42.5 Å². The second kappa shape index (κ2) is 4.50. The van der Waals surface area contributed by atoms with Crippen LogP contribution >= 0.6 is 0 Å². The van der Waals surface area contributed by atoms with Crippen molar-refractivity contribution in [1.82, 2.24) is 4.90 Å². The van der Waals surface area contributed by atoms with Crippen LogP contribution in [0.3, 0.4) is 0 Å². The van der Waals surface area contributed by atoms with Crippen molar-refractivity contribution in [2.24, 2.45) is 0 Å². The highest BCUT2D eigenvalue weighted by atomic mass is 15.1. The molecule has 1 heteroatoms. The van der Waals surface area contributed by atoms with E-state index in [9.17, 15) is 0 Å². The van der Waals surface area contributed by atoms with Gasteiger partial charge in [0, 0.05) is 0 Å². The van der Waals surface area contributed by atoms with Crippen LogP contribution in [0.1, 0.15) is 24.3 Å². The molecule has 0 atom stereocenters. The van der Waals surface area contributed by atoms with Gasteiger partial charge in [-0.25, -0.2) is 0 Å². The van der Waals surface area contributed by atoms with E-state index in [2.05, 4.69) is 54.4 Å². The summed E-state index contributed by atoms with van der Waals surface area (Å²) in [6.45, 7) is 2.47. The first-order valence-corrected chi connectivity index (χ1v) is 6.50. The Balaban J connectivity index is 1.90. The summed E-state index contributed by atoms with van der Waals surface area (Å²) >= 11 is 0. The maximum absolute atomic E-state index is 2.43. The number of hydrogen-bond donors (Lipinski definition) is 0. The number of fused-ring (bicyclic) bond motifs is 1. The number of piperidine rings is 1. The Kier molecular flexibility index (Phi) is 2.86. The van der Waals surface area contributed by atoms with Gasteiger partial charge in [0.2, 0.25) is 0 Å². The molecule has 0 N–H and O–H groups in total. The number of hydrogen-bond acceptors (Lipinski definition) is 1. The van der Waals surface area contributed by atoms with E-state index in [1.54, 1.807) is 0 Å². The van der Waals surface area contributed by atoms with E-state index >= 15 is 0 Å². The number of likely N-dealkylation sites (tertiary alicyclic amines) is 1. The zero-order valence-corrected chi connectivity index (χ0v) is 10.4. The molecule has 0 spiro atoms. The molecule has 1 fully saturated rings. The highest BCUT2D eigenvalue weighted by Crippen LogP contribution is 2.29. The van der Waals surface area contributed by atoms with E-state index in [1.807, 2.05) is 0 Å². The van der Waals surface area contributed by atoms with E-state index in [-0.39, 0.29) is 0 Å². The van der Waals surface area contributed by atoms with E-state index in [0.717, 1.165) is 5.92 Å². The van der Waals surface area contributed by atoms with Crippen molar-refractivity contribution in [2.45, 2.75) is 18.8 Å². The molecule has 0 aliphatic carbocycles. The van der Waals surface area contributed by atoms with Crippen LogP contribution in [-0.2, 0) is 0 Å². The summed E-state index contributed by atoms with van der Waals surface area (Å²) in [5, 5.41) is 2.73. The van der Waals surface area contributed by atoms with Crippen molar-refractivity contribution in [2.75, 3.05) is 20.1 Å². The van der Waals surface area contributed by atoms with Gasteiger partial charge in [-0.2, -0.15) is 0 Å². The minimum Gasteiger partial charge on any atom is -0.306 e. The molecule has 3 rings (SSSR count). The monoisotopic (exact) mass is 225 g/mol.